The Bertz CT molecular complexity index is 695. The normalized spacial score (nSPS) is 9.95. The maximum absolute atomic E-state index is 11.9. The molecule has 108 valence electrons. The summed E-state index contributed by atoms with van der Waals surface area (Å²) in [4.78, 5) is 22.7. The number of hydrazine groups is 1. The van der Waals surface area contributed by atoms with E-state index in [1.165, 1.54) is 6.92 Å². The van der Waals surface area contributed by atoms with Crippen molar-refractivity contribution in [1.82, 2.24) is 16.2 Å². The second-order valence-electron chi connectivity index (χ2n) is 4.50. The van der Waals surface area contributed by atoms with Crippen molar-refractivity contribution in [1.29, 1.82) is 0 Å². The van der Waals surface area contributed by atoms with Gasteiger partial charge in [-0.1, -0.05) is 42.5 Å². The summed E-state index contributed by atoms with van der Waals surface area (Å²) in [7, 11) is 0. The largest absolute Gasteiger partial charge is 0.302 e. The summed E-state index contributed by atoms with van der Waals surface area (Å²) in [5.41, 5.74) is 5.87. The van der Waals surface area contributed by atoms with Crippen molar-refractivity contribution < 1.29 is 9.59 Å². The van der Waals surface area contributed by atoms with E-state index in [9.17, 15) is 9.59 Å². The van der Waals surface area contributed by atoms with E-state index in [-0.39, 0.29) is 23.3 Å². The van der Waals surface area contributed by atoms with E-state index in [1.807, 2.05) is 42.5 Å². The molecule has 0 aliphatic rings. The summed E-state index contributed by atoms with van der Waals surface area (Å²) in [6.07, 6.45) is 0.219. The van der Waals surface area contributed by atoms with Gasteiger partial charge >= 0.3 is 0 Å². The van der Waals surface area contributed by atoms with Crippen molar-refractivity contribution in [2.24, 2.45) is 0 Å². The zero-order chi connectivity index (χ0) is 15.2. The predicted molar refractivity (Wildman–Crippen MR) is 85.3 cm³/mol. The van der Waals surface area contributed by atoms with Crippen LogP contribution in [-0.4, -0.2) is 16.9 Å². The SMILES string of the molecule is CC(=O)NC(=S)NNC(=O)Cc1cccc2ccccc12. The van der Waals surface area contributed by atoms with Gasteiger partial charge in [-0.15, -0.1) is 0 Å². The molecule has 0 aliphatic carbocycles. The summed E-state index contributed by atoms with van der Waals surface area (Å²) in [6.45, 7) is 1.34. The number of carbonyl (C=O) groups is 2. The molecule has 21 heavy (non-hydrogen) atoms. The fourth-order valence-electron chi connectivity index (χ4n) is 1.98. The highest BCUT2D eigenvalue weighted by molar-refractivity contribution is 7.80. The molecular weight excluding hydrogens is 286 g/mol. The standard InChI is InChI=1S/C15H15N3O2S/c1-10(19)16-15(21)18-17-14(20)9-12-7-4-6-11-5-2-3-8-13(11)12/h2-8H,9H2,1H3,(H,17,20)(H2,16,18,19,21). The Morgan fingerprint density at radius 2 is 1.76 bits per heavy atom. The molecule has 0 atom stereocenters. The molecule has 0 aromatic heterocycles. The van der Waals surface area contributed by atoms with Crippen LogP contribution in [0.25, 0.3) is 10.8 Å². The fraction of sp³-hybridized carbons (Fsp3) is 0.133. The predicted octanol–water partition coefficient (Wildman–Crippen LogP) is 1.42. The van der Waals surface area contributed by atoms with Gasteiger partial charge in [-0.25, -0.2) is 0 Å². The molecule has 0 radical (unpaired) electrons. The number of hydrogen-bond acceptors (Lipinski definition) is 3. The third kappa shape index (κ3) is 4.25. The lowest BCUT2D eigenvalue weighted by Gasteiger charge is -2.10. The van der Waals surface area contributed by atoms with Crippen molar-refractivity contribution in [2.45, 2.75) is 13.3 Å². The summed E-state index contributed by atoms with van der Waals surface area (Å²) in [5, 5.41) is 4.55. The number of thiocarbonyl (C=S) groups is 1. The summed E-state index contributed by atoms with van der Waals surface area (Å²) in [6, 6.07) is 13.7. The van der Waals surface area contributed by atoms with Crippen LogP contribution < -0.4 is 16.2 Å². The van der Waals surface area contributed by atoms with Crippen LogP contribution in [0.1, 0.15) is 12.5 Å². The minimum Gasteiger partial charge on any atom is -0.302 e. The van der Waals surface area contributed by atoms with Crippen molar-refractivity contribution in [3.8, 4) is 0 Å². The van der Waals surface area contributed by atoms with E-state index in [4.69, 9.17) is 12.2 Å². The van der Waals surface area contributed by atoms with Crippen molar-refractivity contribution >= 4 is 39.9 Å². The third-order valence-electron chi connectivity index (χ3n) is 2.84. The molecule has 3 N–H and O–H groups in total. The Labute approximate surface area is 127 Å². The first-order chi connectivity index (χ1) is 10.1. The molecule has 2 rings (SSSR count). The molecule has 0 heterocycles. The number of rotatable bonds is 2. The van der Waals surface area contributed by atoms with Crippen LogP contribution in [0.15, 0.2) is 42.5 Å². The number of amides is 2. The van der Waals surface area contributed by atoms with E-state index >= 15 is 0 Å². The molecule has 2 amide bonds. The van der Waals surface area contributed by atoms with Crippen molar-refractivity contribution in [3.63, 3.8) is 0 Å². The quantitative estimate of drug-likeness (QED) is 0.580. The fourth-order valence-corrected chi connectivity index (χ4v) is 2.18. The van der Waals surface area contributed by atoms with Crippen LogP contribution in [0, 0.1) is 0 Å². The molecule has 0 spiro atoms. The first-order valence-electron chi connectivity index (χ1n) is 6.39. The highest BCUT2D eigenvalue weighted by atomic mass is 32.1. The van der Waals surface area contributed by atoms with Crippen LogP contribution in [0.5, 0.6) is 0 Å². The maximum Gasteiger partial charge on any atom is 0.242 e. The van der Waals surface area contributed by atoms with E-state index < -0.39 is 0 Å². The van der Waals surface area contributed by atoms with Crippen LogP contribution in [0.4, 0.5) is 0 Å². The van der Waals surface area contributed by atoms with E-state index in [0.717, 1.165) is 16.3 Å². The van der Waals surface area contributed by atoms with E-state index in [0.29, 0.717) is 0 Å². The Morgan fingerprint density at radius 1 is 1.05 bits per heavy atom. The molecule has 0 saturated carbocycles. The highest BCUT2D eigenvalue weighted by Crippen LogP contribution is 2.18. The monoisotopic (exact) mass is 301 g/mol. The zero-order valence-electron chi connectivity index (χ0n) is 11.5. The van der Waals surface area contributed by atoms with Crippen molar-refractivity contribution in [2.75, 3.05) is 0 Å². The molecule has 0 bridgehead atoms. The van der Waals surface area contributed by atoms with Crippen LogP contribution in [0.3, 0.4) is 0 Å². The summed E-state index contributed by atoms with van der Waals surface area (Å²) in [5.74, 6) is -0.533. The molecule has 2 aromatic carbocycles. The van der Waals surface area contributed by atoms with Gasteiger partial charge in [-0.05, 0) is 28.6 Å². The number of nitrogens with one attached hydrogen (secondary N) is 3. The molecule has 0 unspecified atom stereocenters. The average molecular weight is 301 g/mol. The van der Waals surface area contributed by atoms with E-state index in [2.05, 4.69) is 16.2 Å². The number of hydrogen-bond donors (Lipinski definition) is 3. The third-order valence-corrected chi connectivity index (χ3v) is 3.04. The topological polar surface area (TPSA) is 70.2 Å². The van der Waals surface area contributed by atoms with Gasteiger partial charge in [0.1, 0.15) is 0 Å². The second kappa shape index (κ2) is 6.81. The molecule has 5 nitrogen and oxygen atoms in total. The Hall–Kier alpha value is -2.47. The van der Waals surface area contributed by atoms with Gasteiger partial charge in [0, 0.05) is 6.92 Å². The lowest BCUT2D eigenvalue weighted by Crippen LogP contribution is -2.48. The molecule has 2 aromatic rings. The lowest BCUT2D eigenvalue weighted by molar-refractivity contribution is -0.121. The highest BCUT2D eigenvalue weighted by Gasteiger charge is 2.07. The van der Waals surface area contributed by atoms with Crippen molar-refractivity contribution in [3.05, 3.63) is 48.0 Å². The van der Waals surface area contributed by atoms with Crippen LogP contribution >= 0.6 is 12.2 Å². The smallest absolute Gasteiger partial charge is 0.242 e. The average Bonchev–Trinajstić information content (AvgIpc) is 2.45. The number of carbonyl (C=O) groups excluding carboxylic acids is 2. The van der Waals surface area contributed by atoms with Crippen LogP contribution in [-0.2, 0) is 16.0 Å². The van der Waals surface area contributed by atoms with Gasteiger partial charge in [-0.2, -0.15) is 0 Å². The minimum absolute atomic E-state index is 0.0637. The van der Waals surface area contributed by atoms with E-state index in [1.54, 1.807) is 0 Å². The van der Waals surface area contributed by atoms with Gasteiger partial charge in [0.05, 0.1) is 6.42 Å². The van der Waals surface area contributed by atoms with Gasteiger partial charge in [0.15, 0.2) is 5.11 Å². The second-order valence-corrected chi connectivity index (χ2v) is 4.91. The lowest BCUT2D eigenvalue weighted by atomic mass is 10.0. The van der Waals surface area contributed by atoms with Gasteiger partial charge in [0.25, 0.3) is 0 Å². The zero-order valence-corrected chi connectivity index (χ0v) is 12.3. The number of benzene rings is 2. The number of fused-ring (bicyclic) bond motifs is 1. The minimum atomic E-state index is -0.296. The molecule has 0 fully saturated rings. The van der Waals surface area contributed by atoms with Gasteiger partial charge in [-0.3, -0.25) is 20.4 Å². The molecule has 0 saturated heterocycles. The summed E-state index contributed by atoms with van der Waals surface area (Å²) < 4.78 is 0. The molecule has 0 aliphatic heterocycles. The van der Waals surface area contributed by atoms with Crippen LogP contribution in [0.2, 0.25) is 0 Å². The Morgan fingerprint density at radius 3 is 2.52 bits per heavy atom. The first-order valence-corrected chi connectivity index (χ1v) is 6.80. The molecular formula is C15H15N3O2S. The van der Waals surface area contributed by atoms with Gasteiger partial charge < -0.3 is 5.32 Å². The maximum atomic E-state index is 11.9. The first kappa shape index (κ1) is 14.9. The molecule has 6 heteroatoms. The van der Waals surface area contributed by atoms with Gasteiger partial charge in [0.2, 0.25) is 11.8 Å². The summed E-state index contributed by atoms with van der Waals surface area (Å²) >= 11 is 4.83. The Kier molecular flexibility index (Phi) is 4.84. The Balaban J connectivity index is 1.99.